The van der Waals surface area contributed by atoms with E-state index in [-0.39, 0.29) is 11.3 Å². The van der Waals surface area contributed by atoms with Crippen molar-refractivity contribution in [1.29, 1.82) is 0 Å². The summed E-state index contributed by atoms with van der Waals surface area (Å²) in [6.07, 6.45) is 7.86. The Bertz CT molecular complexity index is 1290. The zero-order chi connectivity index (χ0) is 25.1. The lowest BCUT2D eigenvalue weighted by Gasteiger charge is -2.57. The molecule has 192 valence electrons. The monoisotopic (exact) mass is 514 g/mol. The van der Waals surface area contributed by atoms with Crippen molar-refractivity contribution in [3.8, 4) is 16.9 Å². The van der Waals surface area contributed by atoms with Gasteiger partial charge in [-0.15, -0.1) is 0 Å². The van der Waals surface area contributed by atoms with E-state index in [2.05, 4.69) is 40.2 Å². The molecule has 2 heterocycles. The van der Waals surface area contributed by atoms with Crippen molar-refractivity contribution in [3.05, 3.63) is 58.5 Å². The second-order valence-electron chi connectivity index (χ2n) is 11.9. The summed E-state index contributed by atoms with van der Waals surface area (Å²) in [5.74, 6) is 2.80. The number of amides is 1. The van der Waals surface area contributed by atoms with Gasteiger partial charge in [-0.1, -0.05) is 24.3 Å². The number of benzene rings is 2. The number of allylic oxidation sites excluding steroid dienone is 1. The molecule has 0 atom stereocenters. The second-order valence-corrected chi connectivity index (χ2v) is 12.8. The van der Waals surface area contributed by atoms with Crippen molar-refractivity contribution in [2.75, 3.05) is 26.3 Å². The van der Waals surface area contributed by atoms with Gasteiger partial charge < -0.3 is 14.7 Å². The smallest absolute Gasteiger partial charge is 0.286 e. The predicted octanol–water partition coefficient (Wildman–Crippen LogP) is 6.22. The minimum atomic E-state index is -0.150. The molecule has 8 rings (SSSR count). The van der Waals surface area contributed by atoms with Crippen LogP contribution >= 0.6 is 11.8 Å². The van der Waals surface area contributed by atoms with Crippen LogP contribution in [0.3, 0.4) is 0 Å². The minimum Gasteiger partial charge on any atom is -0.508 e. The molecule has 1 saturated heterocycles. The Kier molecular flexibility index (Phi) is 5.74. The third-order valence-electron chi connectivity index (χ3n) is 9.44. The van der Waals surface area contributed by atoms with Gasteiger partial charge in [0.1, 0.15) is 5.75 Å². The number of aliphatic imine (C=N–C) groups is 1. The lowest BCUT2D eigenvalue weighted by atomic mass is 9.48. The maximum absolute atomic E-state index is 12.8. The van der Waals surface area contributed by atoms with E-state index in [9.17, 15) is 9.90 Å². The van der Waals surface area contributed by atoms with Crippen LogP contribution in [0.25, 0.3) is 16.7 Å². The average molecular weight is 515 g/mol. The number of phenols is 1. The molecular weight excluding hydrogens is 480 g/mol. The molecule has 5 fully saturated rings. The number of morpholine rings is 1. The van der Waals surface area contributed by atoms with Gasteiger partial charge in [0, 0.05) is 18.7 Å². The van der Waals surface area contributed by atoms with E-state index >= 15 is 0 Å². The van der Waals surface area contributed by atoms with Gasteiger partial charge in [-0.05, 0) is 121 Å². The first-order valence-corrected chi connectivity index (χ1v) is 14.6. The number of rotatable bonds is 3. The van der Waals surface area contributed by atoms with Crippen LogP contribution in [0, 0.1) is 17.8 Å². The number of hydrogen-bond donors (Lipinski definition) is 1. The molecule has 2 aromatic rings. The number of thioether (sulfide) groups is 1. The quantitative estimate of drug-likeness (QED) is 0.493. The molecule has 1 N–H and O–H groups in total. The summed E-state index contributed by atoms with van der Waals surface area (Å²) in [6.45, 7) is 4.91. The fraction of sp³-hybridized carbons (Fsp3) is 0.484. The second kappa shape index (κ2) is 9.02. The largest absolute Gasteiger partial charge is 0.508 e. The normalized spacial score (nSPS) is 32.1. The molecule has 2 aromatic carbocycles. The van der Waals surface area contributed by atoms with E-state index in [0.717, 1.165) is 63.8 Å². The molecule has 0 aromatic heterocycles. The molecule has 4 saturated carbocycles. The van der Waals surface area contributed by atoms with E-state index in [1.165, 1.54) is 50.3 Å². The van der Waals surface area contributed by atoms with Crippen LogP contribution in [-0.2, 0) is 14.9 Å². The van der Waals surface area contributed by atoms with E-state index in [4.69, 9.17) is 4.74 Å². The zero-order valence-corrected chi connectivity index (χ0v) is 22.2. The fourth-order valence-electron chi connectivity index (χ4n) is 8.07. The first-order valence-electron chi connectivity index (χ1n) is 13.8. The number of carbonyl (C=O) groups is 1. The summed E-state index contributed by atoms with van der Waals surface area (Å²) in [4.78, 5) is 20.0. The van der Waals surface area contributed by atoms with Crippen LogP contribution in [0.15, 0.2) is 52.4 Å². The summed E-state index contributed by atoms with van der Waals surface area (Å²) in [7, 11) is 0. The lowest BCUT2D eigenvalue weighted by Crippen LogP contribution is -2.48. The van der Waals surface area contributed by atoms with Gasteiger partial charge in [-0.2, -0.15) is 4.99 Å². The Labute approximate surface area is 223 Å². The van der Waals surface area contributed by atoms with Crippen LogP contribution in [0.4, 0.5) is 0 Å². The highest BCUT2D eigenvalue weighted by Crippen LogP contribution is 2.62. The number of ether oxygens (including phenoxy) is 1. The van der Waals surface area contributed by atoms with Crippen LogP contribution in [0.5, 0.6) is 5.75 Å². The van der Waals surface area contributed by atoms with Gasteiger partial charge >= 0.3 is 0 Å². The molecule has 1 amide bonds. The standard InChI is InChI=1S/C31H34N2O3S/c1-19(28-29(35)32-30(37-28)33-7-9-36-10-8-33)23-3-2-4-24(14-23)25-5-6-27(34)26(15-25)31-16-20-11-21(17-31)13-22(12-20)18-31/h2-6,14-15,20-22,34H,7-13,16-18H2,1H3/b28-19+. The van der Waals surface area contributed by atoms with Crippen LogP contribution in [0.1, 0.15) is 56.6 Å². The van der Waals surface area contributed by atoms with Crippen molar-refractivity contribution >= 4 is 28.4 Å². The summed E-state index contributed by atoms with van der Waals surface area (Å²) >= 11 is 1.48. The number of amidine groups is 1. The van der Waals surface area contributed by atoms with Crippen LogP contribution in [-0.4, -0.2) is 47.4 Å². The molecule has 0 radical (unpaired) electrons. The molecule has 2 aliphatic heterocycles. The molecule has 5 nitrogen and oxygen atoms in total. The van der Waals surface area contributed by atoms with E-state index in [1.807, 2.05) is 19.1 Å². The van der Waals surface area contributed by atoms with Gasteiger partial charge in [-0.25, -0.2) is 0 Å². The Hall–Kier alpha value is -2.57. The minimum absolute atomic E-state index is 0.143. The van der Waals surface area contributed by atoms with E-state index in [1.54, 1.807) is 0 Å². The van der Waals surface area contributed by atoms with Crippen LogP contribution in [0.2, 0.25) is 0 Å². The van der Waals surface area contributed by atoms with Crippen molar-refractivity contribution in [2.24, 2.45) is 22.7 Å². The van der Waals surface area contributed by atoms with Gasteiger partial charge in [0.25, 0.3) is 5.91 Å². The number of nitrogens with zero attached hydrogens (tertiary/aromatic N) is 2. The fourth-order valence-corrected chi connectivity index (χ4v) is 9.09. The SMILES string of the molecule is C/C(=C1\SC(N2CCOCC2)=NC1=O)c1cccc(-c2ccc(O)c(C34CC5CC(CC(C5)C3)C4)c2)c1. The predicted molar refractivity (Wildman–Crippen MR) is 148 cm³/mol. The van der Waals surface area contributed by atoms with Crippen molar-refractivity contribution in [1.82, 2.24) is 4.90 Å². The molecule has 0 spiro atoms. The van der Waals surface area contributed by atoms with Gasteiger partial charge in [-0.3, -0.25) is 4.79 Å². The van der Waals surface area contributed by atoms with E-state index in [0.29, 0.717) is 23.9 Å². The summed E-state index contributed by atoms with van der Waals surface area (Å²) < 4.78 is 5.45. The Morgan fingerprint density at radius 2 is 1.68 bits per heavy atom. The van der Waals surface area contributed by atoms with Crippen molar-refractivity contribution in [3.63, 3.8) is 0 Å². The molecule has 4 bridgehead atoms. The maximum Gasteiger partial charge on any atom is 0.286 e. The summed E-state index contributed by atoms with van der Waals surface area (Å²) in [6, 6.07) is 14.7. The van der Waals surface area contributed by atoms with Crippen molar-refractivity contribution in [2.45, 2.75) is 50.9 Å². The maximum atomic E-state index is 12.8. The summed E-state index contributed by atoms with van der Waals surface area (Å²) in [5, 5.41) is 11.8. The number of hydrogen-bond acceptors (Lipinski definition) is 5. The molecule has 0 unspecified atom stereocenters. The number of carbonyl (C=O) groups excluding carboxylic acids is 1. The topological polar surface area (TPSA) is 62.1 Å². The van der Waals surface area contributed by atoms with Gasteiger partial charge in [0.05, 0.1) is 18.1 Å². The average Bonchev–Trinajstić information content (AvgIpc) is 3.30. The van der Waals surface area contributed by atoms with Crippen molar-refractivity contribution < 1.29 is 14.6 Å². The highest BCUT2D eigenvalue weighted by atomic mass is 32.2. The number of aromatic hydroxyl groups is 1. The molecule has 6 heteroatoms. The molecule has 37 heavy (non-hydrogen) atoms. The number of phenolic OH excluding ortho intramolecular Hbond substituents is 1. The van der Waals surface area contributed by atoms with Crippen LogP contribution < -0.4 is 0 Å². The highest BCUT2D eigenvalue weighted by molar-refractivity contribution is 8.18. The Morgan fingerprint density at radius 3 is 2.38 bits per heavy atom. The highest BCUT2D eigenvalue weighted by Gasteiger charge is 2.52. The molecule has 6 aliphatic rings. The Morgan fingerprint density at radius 1 is 1.00 bits per heavy atom. The zero-order valence-electron chi connectivity index (χ0n) is 21.4. The van der Waals surface area contributed by atoms with Gasteiger partial charge in [0.15, 0.2) is 5.17 Å². The van der Waals surface area contributed by atoms with Gasteiger partial charge in [0.2, 0.25) is 0 Å². The third kappa shape index (κ3) is 4.13. The summed E-state index contributed by atoms with van der Waals surface area (Å²) in [5.41, 5.74) is 5.56. The molecule has 4 aliphatic carbocycles. The molecular formula is C31H34N2O3S. The van der Waals surface area contributed by atoms with E-state index < -0.39 is 0 Å². The first kappa shape index (κ1) is 23.5. The Balaban J connectivity index is 1.19. The third-order valence-corrected chi connectivity index (χ3v) is 10.7. The first-order chi connectivity index (χ1) is 18.0. The lowest BCUT2D eigenvalue weighted by molar-refractivity contribution is -0.113.